The van der Waals surface area contributed by atoms with E-state index in [1.165, 1.54) is 83.5 Å². The van der Waals surface area contributed by atoms with Crippen molar-refractivity contribution in [3.8, 4) is 27.9 Å². The van der Waals surface area contributed by atoms with Crippen LogP contribution < -0.4 is 0 Å². The van der Waals surface area contributed by atoms with Gasteiger partial charge in [-0.2, -0.15) is 0 Å². The molecule has 0 saturated heterocycles. The predicted molar refractivity (Wildman–Crippen MR) is 225 cm³/mol. The zero-order chi connectivity index (χ0) is 35.1. The van der Waals surface area contributed by atoms with Gasteiger partial charge in [-0.15, -0.1) is 0 Å². The zero-order valence-corrected chi connectivity index (χ0v) is 29.9. The summed E-state index contributed by atoms with van der Waals surface area (Å²) in [6.45, 7) is 0.658. The molecule has 53 heavy (non-hydrogen) atoms. The van der Waals surface area contributed by atoms with Crippen molar-refractivity contribution >= 4 is 45.9 Å². The lowest BCUT2D eigenvalue weighted by Gasteiger charge is -2.15. The Labute approximate surface area is 311 Å². The smallest absolute Gasteiger partial charge is 0.0640 e. The maximum absolute atomic E-state index is 4.72. The second-order valence-electron chi connectivity index (χ2n) is 14.4. The van der Waals surface area contributed by atoms with Crippen LogP contribution in [-0.4, -0.2) is 15.3 Å². The molecule has 0 amide bonds. The van der Waals surface area contributed by atoms with Crippen molar-refractivity contribution in [2.45, 2.75) is 45.1 Å². The summed E-state index contributed by atoms with van der Waals surface area (Å²) in [7, 11) is 0. The van der Waals surface area contributed by atoms with Crippen LogP contribution in [0.3, 0.4) is 0 Å². The van der Waals surface area contributed by atoms with Gasteiger partial charge >= 0.3 is 0 Å². The van der Waals surface area contributed by atoms with Crippen molar-refractivity contribution in [3.63, 3.8) is 0 Å². The van der Waals surface area contributed by atoms with Gasteiger partial charge in [0.2, 0.25) is 0 Å². The lowest BCUT2D eigenvalue weighted by molar-refractivity contribution is 0.888. The molecule has 3 nitrogen and oxygen atoms in total. The van der Waals surface area contributed by atoms with Gasteiger partial charge in [-0.1, -0.05) is 109 Å². The molecule has 0 fully saturated rings. The van der Waals surface area contributed by atoms with E-state index in [0.29, 0.717) is 6.54 Å². The molecule has 0 atom stereocenters. The Bertz CT molecular complexity index is 2670. The van der Waals surface area contributed by atoms with Gasteiger partial charge in [0.1, 0.15) is 0 Å². The summed E-state index contributed by atoms with van der Waals surface area (Å²) in [5.74, 6) is 0. The van der Waals surface area contributed by atoms with Gasteiger partial charge in [0.15, 0.2) is 0 Å². The van der Waals surface area contributed by atoms with E-state index < -0.39 is 0 Å². The van der Waals surface area contributed by atoms with Crippen molar-refractivity contribution in [2.24, 2.45) is 4.99 Å². The van der Waals surface area contributed by atoms with Gasteiger partial charge in [0.05, 0.1) is 17.6 Å². The van der Waals surface area contributed by atoms with Crippen LogP contribution in [0.4, 0.5) is 0 Å². The highest BCUT2D eigenvalue weighted by Crippen LogP contribution is 2.41. The molecule has 0 N–H and O–H groups in total. The number of allylic oxidation sites excluding steroid dienone is 6. The average Bonchev–Trinajstić information content (AvgIpc) is 3.75. The summed E-state index contributed by atoms with van der Waals surface area (Å²) >= 11 is 0. The Balaban J connectivity index is 1.01. The van der Waals surface area contributed by atoms with Gasteiger partial charge < -0.3 is 9.13 Å². The molecule has 0 radical (unpaired) electrons. The second-order valence-corrected chi connectivity index (χ2v) is 14.4. The molecule has 2 aromatic heterocycles. The van der Waals surface area contributed by atoms with E-state index in [-0.39, 0.29) is 0 Å². The zero-order valence-electron chi connectivity index (χ0n) is 29.9. The highest BCUT2D eigenvalue weighted by atomic mass is 15.0. The Morgan fingerprint density at radius 1 is 0.604 bits per heavy atom. The number of fused-ring (bicyclic) bond motifs is 6. The molecule has 256 valence electrons. The number of aromatic nitrogens is 2. The highest BCUT2D eigenvalue weighted by molar-refractivity contribution is 6.03. The van der Waals surface area contributed by atoms with Crippen LogP contribution in [0.15, 0.2) is 151 Å². The SMILES string of the molecule is C1=CC(n2c3c(c4c(-c5ccc(-n6c7c(c8cc(-c9cccc(C/N=C/c%10ccccc%10)c9)ccc86)C=CCC7)cc5)cccc42)CCC=C3)=CCC1. The van der Waals surface area contributed by atoms with Gasteiger partial charge in [0, 0.05) is 45.3 Å². The minimum atomic E-state index is 0.658. The molecule has 0 unspecified atom stereocenters. The van der Waals surface area contributed by atoms with E-state index in [1.54, 1.807) is 0 Å². The minimum absolute atomic E-state index is 0.658. The molecule has 0 bridgehead atoms. The van der Waals surface area contributed by atoms with Crippen LogP contribution in [0.5, 0.6) is 0 Å². The van der Waals surface area contributed by atoms with Crippen LogP contribution in [0, 0.1) is 0 Å². The molecule has 3 heteroatoms. The van der Waals surface area contributed by atoms with Crippen LogP contribution in [0.25, 0.3) is 67.6 Å². The van der Waals surface area contributed by atoms with E-state index in [2.05, 4.69) is 149 Å². The largest absolute Gasteiger partial charge is 0.313 e. The quantitative estimate of drug-likeness (QED) is 0.149. The Kier molecular flexibility index (Phi) is 7.98. The third-order valence-electron chi connectivity index (χ3n) is 11.2. The summed E-state index contributed by atoms with van der Waals surface area (Å²) in [5, 5.41) is 2.70. The fourth-order valence-corrected chi connectivity index (χ4v) is 8.70. The molecule has 0 saturated carbocycles. The molecule has 0 spiro atoms. The number of rotatable bonds is 7. The lowest BCUT2D eigenvalue weighted by atomic mass is 9.94. The number of hydrogen-bond acceptors (Lipinski definition) is 1. The monoisotopic (exact) mass is 683 g/mol. The van der Waals surface area contributed by atoms with Crippen LogP contribution >= 0.6 is 0 Å². The van der Waals surface area contributed by atoms with Crippen LogP contribution in [-0.2, 0) is 19.4 Å². The van der Waals surface area contributed by atoms with Crippen molar-refractivity contribution in [2.75, 3.05) is 0 Å². The van der Waals surface area contributed by atoms with Gasteiger partial charge in [-0.05, 0) is 126 Å². The Morgan fingerprint density at radius 3 is 2.30 bits per heavy atom. The molecule has 2 heterocycles. The lowest BCUT2D eigenvalue weighted by Crippen LogP contribution is -2.02. The number of benzene rings is 5. The molecule has 3 aliphatic carbocycles. The fraction of sp³-hybridized carbons (Fsp3) is 0.140. The Morgan fingerprint density at radius 2 is 1.42 bits per heavy atom. The van der Waals surface area contributed by atoms with E-state index in [9.17, 15) is 0 Å². The average molecular weight is 684 g/mol. The van der Waals surface area contributed by atoms with Crippen molar-refractivity contribution < 1.29 is 0 Å². The summed E-state index contributed by atoms with van der Waals surface area (Å²) in [4.78, 5) is 4.72. The molecular formula is C50H41N3. The first-order chi connectivity index (χ1) is 26.3. The summed E-state index contributed by atoms with van der Waals surface area (Å²) in [6.07, 6.45) is 24.8. The van der Waals surface area contributed by atoms with Crippen LogP contribution in [0.1, 0.15) is 59.3 Å². The molecule has 7 aromatic rings. The topological polar surface area (TPSA) is 22.2 Å². The van der Waals surface area contributed by atoms with E-state index in [4.69, 9.17) is 4.99 Å². The van der Waals surface area contributed by atoms with Crippen LogP contribution in [0.2, 0.25) is 0 Å². The third-order valence-corrected chi connectivity index (χ3v) is 11.2. The highest BCUT2D eigenvalue weighted by Gasteiger charge is 2.23. The van der Waals surface area contributed by atoms with E-state index in [1.807, 2.05) is 24.4 Å². The minimum Gasteiger partial charge on any atom is -0.313 e. The summed E-state index contributed by atoms with van der Waals surface area (Å²) in [5.41, 5.74) is 18.0. The van der Waals surface area contributed by atoms with Crippen molar-refractivity contribution in [1.29, 1.82) is 0 Å². The van der Waals surface area contributed by atoms with E-state index >= 15 is 0 Å². The van der Waals surface area contributed by atoms with Crippen molar-refractivity contribution in [3.05, 3.63) is 179 Å². The first-order valence-electron chi connectivity index (χ1n) is 19.1. The van der Waals surface area contributed by atoms with E-state index in [0.717, 1.165) is 44.1 Å². The van der Waals surface area contributed by atoms with Gasteiger partial charge in [-0.3, -0.25) is 4.99 Å². The molecule has 10 rings (SSSR count). The number of aryl methyl sites for hydroxylation is 1. The van der Waals surface area contributed by atoms with Gasteiger partial charge in [0.25, 0.3) is 0 Å². The third kappa shape index (κ3) is 5.64. The maximum Gasteiger partial charge on any atom is 0.0640 e. The van der Waals surface area contributed by atoms with Crippen molar-refractivity contribution in [1.82, 2.24) is 9.13 Å². The number of aliphatic imine (C=N–C) groups is 1. The first-order valence-corrected chi connectivity index (χ1v) is 19.1. The number of hydrogen-bond donors (Lipinski definition) is 0. The molecule has 3 aliphatic rings. The molecule has 5 aromatic carbocycles. The Hall–Kier alpha value is -6.19. The molecular weight excluding hydrogens is 643 g/mol. The predicted octanol–water partition coefficient (Wildman–Crippen LogP) is 12.6. The summed E-state index contributed by atoms with van der Waals surface area (Å²) in [6, 6.07) is 42.3. The first kappa shape index (κ1) is 31.5. The standard InChI is InChI=1S/C50H41N3/c1-3-13-35(14-4-1)33-51-34-36-15-11-16-38(31-36)39-27-30-48-45(32-39)43-19-7-9-22-46(43)52(48)41-28-25-37(26-29-41)42-21-12-24-49-50(42)44-20-8-10-23-47(44)53(49)40-17-5-2-6-18-40/h1,3-5,7,10-19,21,23-33H,2,6,8-9,20,22,34H2/b51-33+. The second kappa shape index (κ2) is 13.4. The number of nitrogens with zero attached hydrogens (tertiary/aromatic N) is 3. The van der Waals surface area contributed by atoms with Gasteiger partial charge in [-0.25, -0.2) is 0 Å². The maximum atomic E-state index is 4.72. The normalized spacial score (nSPS) is 15.0. The molecule has 0 aliphatic heterocycles. The summed E-state index contributed by atoms with van der Waals surface area (Å²) < 4.78 is 4.99. The fourth-order valence-electron chi connectivity index (χ4n) is 8.70.